The molecule has 0 N–H and O–H groups in total. The minimum Gasteiger partial charge on any atom is -0.480 e. The molecule has 1 aromatic rings. The standard InChI is InChI=1S/C10H16N2OS/c1-13-10-9(14(2)3)8(7-4-5-7)11-6-12-10/h6-7,14H,4-5H2,1-3H3. The van der Waals surface area contributed by atoms with Gasteiger partial charge in [-0.15, -0.1) is 0 Å². The van der Waals surface area contributed by atoms with Crippen LogP contribution in [0, 0.1) is 0 Å². The van der Waals surface area contributed by atoms with Crippen LogP contribution >= 0.6 is 10.9 Å². The lowest BCUT2D eigenvalue weighted by Gasteiger charge is -2.16. The van der Waals surface area contributed by atoms with E-state index in [1.54, 1.807) is 13.4 Å². The Morgan fingerprint density at radius 1 is 1.36 bits per heavy atom. The molecule has 1 aromatic heterocycles. The maximum absolute atomic E-state index is 5.29. The van der Waals surface area contributed by atoms with Gasteiger partial charge >= 0.3 is 0 Å². The van der Waals surface area contributed by atoms with Crippen molar-refractivity contribution in [3.05, 3.63) is 12.0 Å². The number of thiol groups is 1. The Hall–Kier alpha value is -0.770. The lowest BCUT2D eigenvalue weighted by atomic mass is 10.3. The predicted molar refractivity (Wildman–Crippen MR) is 59.7 cm³/mol. The van der Waals surface area contributed by atoms with Crippen LogP contribution < -0.4 is 4.74 Å². The second-order valence-electron chi connectivity index (χ2n) is 3.79. The molecule has 0 amide bonds. The molecule has 14 heavy (non-hydrogen) atoms. The smallest absolute Gasteiger partial charge is 0.228 e. The number of aromatic nitrogens is 2. The Labute approximate surface area is 87.3 Å². The van der Waals surface area contributed by atoms with Gasteiger partial charge in [-0.1, -0.05) is 0 Å². The van der Waals surface area contributed by atoms with Crippen molar-refractivity contribution >= 4 is 10.9 Å². The first-order chi connectivity index (χ1) is 6.74. The van der Waals surface area contributed by atoms with E-state index in [9.17, 15) is 0 Å². The van der Waals surface area contributed by atoms with Crippen LogP contribution in [0.4, 0.5) is 0 Å². The largest absolute Gasteiger partial charge is 0.480 e. The molecule has 0 aromatic carbocycles. The molecule has 1 aliphatic carbocycles. The molecule has 0 bridgehead atoms. The lowest BCUT2D eigenvalue weighted by molar-refractivity contribution is 0.383. The van der Waals surface area contributed by atoms with Crippen LogP contribution in [0.25, 0.3) is 0 Å². The van der Waals surface area contributed by atoms with E-state index in [1.165, 1.54) is 23.4 Å². The molecule has 0 spiro atoms. The Balaban J connectivity index is 2.46. The molecule has 4 heteroatoms. The van der Waals surface area contributed by atoms with Crippen molar-refractivity contribution in [2.75, 3.05) is 19.6 Å². The Morgan fingerprint density at radius 3 is 2.57 bits per heavy atom. The molecule has 0 radical (unpaired) electrons. The van der Waals surface area contributed by atoms with E-state index in [0.29, 0.717) is 5.92 Å². The fourth-order valence-electron chi connectivity index (χ4n) is 1.60. The van der Waals surface area contributed by atoms with Gasteiger partial charge in [-0.2, -0.15) is 0 Å². The molecule has 1 heterocycles. The van der Waals surface area contributed by atoms with E-state index in [1.807, 2.05) is 0 Å². The number of methoxy groups -OCH3 is 1. The molecular weight excluding hydrogens is 196 g/mol. The molecule has 1 aliphatic rings. The molecule has 1 fully saturated rings. The van der Waals surface area contributed by atoms with Gasteiger partial charge in [0.15, 0.2) is 0 Å². The summed E-state index contributed by atoms with van der Waals surface area (Å²) in [5, 5.41) is 0. The van der Waals surface area contributed by atoms with Gasteiger partial charge < -0.3 is 4.74 Å². The van der Waals surface area contributed by atoms with Crippen LogP contribution in [0.5, 0.6) is 5.88 Å². The number of nitrogens with zero attached hydrogens (tertiary/aromatic N) is 2. The van der Waals surface area contributed by atoms with Crippen molar-refractivity contribution in [3.8, 4) is 5.88 Å². The lowest BCUT2D eigenvalue weighted by Crippen LogP contribution is -1.99. The molecule has 2 rings (SSSR count). The summed E-state index contributed by atoms with van der Waals surface area (Å²) in [6.45, 7) is 0. The van der Waals surface area contributed by atoms with Crippen LogP contribution in [0.3, 0.4) is 0 Å². The summed E-state index contributed by atoms with van der Waals surface area (Å²) < 4.78 is 5.29. The third kappa shape index (κ3) is 1.71. The monoisotopic (exact) mass is 212 g/mol. The van der Waals surface area contributed by atoms with Gasteiger partial charge in [0, 0.05) is 5.92 Å². The summed E-state index contributed by atoms with van der Waals surface area (Å²) in [7, 11) is 1.50. The highest BCUT2D eigenvalue weighted by Gasteiger charge is 2.29. The Kier molecular flexibility index (Phi) is 2.63. The van der Waals surface area contributed by atoms with Crippen molar-refractivity contribution in [2.24, 2.45) is 0 Å². The Morgan fingerprint density at radius 2 is 2.07 bits per heavy atom. The van der Waals surface area contributed by atoms with E-state index in [2.05, 4.69) is 22.5 Å². The van der Waals surface area contributed by atoms with E-state index >= 15 is 0 Å². The minimum atomic E-state index is -0.185. The number of hydrogen-bond donors (Lipinski definition) is 1. The quantitative estimate of drug-likeness (QED) is 0.778. The van der Waals surface area contributed by atoms with E-state index < -0.39 is 0 Å². The molecule has 0 aliphatic heterocycles. The summed E-state index contributed by atoms with van der Waals surface area (Å²) in [5.74, 6) is 1.45. The van der Waals surface area contributed by atoms with Gasteiger partial charge in [-0.05, 0) is 25.4 Å². The van der Waals surface area contributed by atoms with Crippen LogP contribution in [-0.2, 0) is 0 Å². The average molecular weight is 212 g/mol. The Bertz CT molecular complexity index is 337. The van der Waals surface area contributed by atoms with Crippen molar-refractivity contribution in [1.29, 1.82) is 0 Å². The SMILES string of the molecule is COc1ncnc(C2CC2)c1[SH](C)C. The van der Waals surface area contributed by atoms with Crippen molar-refractivity contribution in [2.45, 2.75) is 23.7 Å². The number of hydrogen-bond acceptors (Lipinski definition) is 3. The van der Waals surface area contributed by atoms with Crippen molar-refractivity contribution < 1.29 is 4.74 Å². The maximum Gasteiger partial charge on any atom is 0.228 e. The summed E-state index contributed by atoms with van der Waals surface area (Å²) >= 11 is 0. The third-order valence-corrected chi connectivity index (χ3v) is 3.74. The van der Waals surface area contributed by atoms with Gasteiger partial charge in [0.1, 0.15) is 6.33 Å². The van der Waals surface area contributed by atoms with E-state index in [4.69, 9.17) is 4.74 Å². The summed E-state index contributed by atoms with van der Waals surface area (Å²) in [4.78, 5) is 9.82. The van der Waals surface area contributed by atoms with Crippen molar-refractivity contribution in [3.63, 3.8) is 0 Å². The second kappa shape index (κ2) is 3.77. The minimum absolute atomic E-state index is 0.185. The highest BCUT2D eigenvalue weighted by molar-refractivity contribution is 8.16. The topological polar surface area (TPSA) is 35.0 Å². The van der Waals surface area contributed by atoms with Crippen LogP contribution in [0.1, 0.15) is 24.5 Å². The first-order valence-electron chi connectivity index (χ1n) is 4.80. The van der Waals surface area contributed by atoms with Crippen LogP contribution in [0.2, 0.25) is 0 Å². The van der Waals surface area contributed by atoms with Gasteiger partial charge in [-0.3, -0.25) is 0 Å². The highest BCUT2D eigenvalue weighted by Crippen LogP contribution is 2.47. The predicted octanol–water partition coefficient (Wildman–Crippen LogP) is 1.98. The summed E-state index contributed by atoms with van der Waals surface area (Å²) in [6.07, 6.45) is 8.62. The second-order valence-corrected chi connectivity index (χ2v) is 6.02. The first-order valence-corrected chi connectivity index (χ1v) is 7.04. The highest BCUT2D eigenvalue weighted by atomic mass is 32.2. The van der Waals surface area contributed by atoms with E-state index in [0.717, 1.165) is 5.88 Å². The van der Waals surface area contributed by atoms with E-state index in [-0.39, 0.29) is 10.9 Å². The molecule has 0 atom stereocenters. The molecule has 78 valence electrons. The molecule has 3 nitrogen and oxygen atoms in total. The fourth-order valence-corrected chi connectivity index (χ4v) is 2.83. The zero-order valence-electron chi connectivity index (χ0n) is 8.82. The van der Waals surface area contributed by atoms with Crippen LogP contribution in [0.15, 0.2) is 11.2 Å². The van der Waals surface area contributed by atoms with Gasteiger partial charge in [0.25, 0.3) is 0 Å². The van der Waals surface area contributed by atoms with Gasteiger partial charge in [-0.25, -0.2) is 20.9 Å². The molecule has 1 saturated carbocycles. The van der Waals surface area contributed by atoms with Gasteiger partial charge in [0.05, 0.1) is 17.7 Å². The van der Waals surface area contributed by atoms with Gasteiger partial charge in [0.2, 0.25) is 5.88 Å². The summed E-state index contributed by atoms with van der Waals surface area (Å²) in [5.41, 5.74) is 1.23. The van der Waals surface area contributed by atoms with Crippen molar-refractivity contribution in [1.82, 2.24) is 9.97 Å². The molecule has 0 unspecified atom stereocenters. The average Bonchev–Trinajstić information content (AvgIpc) is 2.99. The van der Waals surface area contributed by atoms with Crippen LogP contribution in [-0.4, -0.2) is 29.6 Å². The normalized spacial score (nSPS) is 16.6. The maximum atomic E-state index is 5.29. The zero-order chi connectivity index (χ0) is 10.1. The number of rotatable bonds is 3. The molecule has 0 saturated heterocycles. The first kappa shape index (κ1) is 9.77. The number of ether oxygens (including phenoxy) is 1. The zero-order valence-corrected chi connectivity index (χ0v) is 9.71. The molecular formula is C10H16N2OS. The summed E-state index contributed by atoms with van der Waals surface area (Å²) in [6, 6.07) is 0. The third-order valence-electron chi connectivity index (χ3n) is 2.42. The fraction of sp³-hybridized carbons (Fsp3) is 0.600.